The molecular weight excluding hydrogens is 428 g/mol. The number of carbonyl (C=O) groups is 2. The van der Waals surface area contributed by atoms with Crippen LogP contribution in [0.15, 0.2) is 54.6 Å². The Balaban J connectivity index is 1.65. The summed E-state index contributed by atoms with van der Waals surface area (Å²) in [4.78, 5) is 33.5. The van der Waals surface area contributed by atoms with Crippen molar-refractivity contribution in [3.05, 3.63) is 60.2 Å². The van der Waals surface area contributed by atoms with Gasteiger partial charge in [-0.3, -0.25) is 14.5 Å². The van der Waals surface area contributed by atoms with Gasteiger partial charge in [0.1, 0.15) is 0 Å². The third-order valence-electron chi connectivity index (χ3n) is 6.18. The smallest absolute Gasteiger partial charge is 0.309 e. The topological polar surface area (TPSA) is 71.2 Å². The Morgan fingerprint density at radius 3 is 2.06 bits per heavy atom. The van der Waals surface area contributed by atoms with Crippen LogP contribution < -0.4 is 20.4 Å². The zero-order chi connectivity index (χ0) is 24.5. The zero-order valence-electron chi connectivity index (χ0n) is 20.8. The summed E-state index contributed by atoms with van der Waals surface area (Å²) in [6, 6.07) is 18.9. The molecule has 0 radical (unpaired) electrons. The van der Waals surface area contributed by atoms with Crippen molar-refractivity contribution in [1.82, 2.24) is 20.4 Å². The third-order valence-corrected chi connectivity index (χ3v) is 6.18. The van der Waals surface area contributed by atoms with Crippen molar-refractivity contribution in [2.45, 2.75) is 6.04 Å². The summed E-state index contributed by atoms with van der Waals surface area (Å²) in [6.45, 7) is 5.08. The molecule has 0 aromatic heterocycles. The fourth-order valence-corrected chi connectivity index (χ4v) is 4.13. The van der Waals surface area contributed by atoms with Crippen molar-refractivity contribution in [2.75, 3.05) is 83.8 Å². The quantitative estimate of drug-likeness (QED) is 0.545. The minimum Gasteiger partial charge on any atom is -0.378 e. The van der Waals surface area contributed by atoms with E-state index in [-0.39, 0.29) is 6.04 Å². The molecule has 2 aromatic rings. The molecule has 0 aliphatic carbocycles. The molecular formula is C26H38N6O2. The van der Waals surface area contributed by atoms with E-state index in [9.17, 15) is 9.59 Å². The standard InChI is InChI=1S/C26H38N6O2/c1-29(2)15-14-27-25(33)26(34)28-20-24(21-10-12-22(13-11-21)30(3)4)32-18-16-31(17-19-32)23-8-6-5-7-9-23/h5-13,24H,14-20H2,1-4H3,(H,27,33)(H,28,34). The number of likely N-dealkylation sites (N-methyl/N-ethyl adjacent to an activating group) is 1. The van der Waals surface area contributed by atoms with Gasteiger partial charge in [0.2, 0.25) is 0 Å². The zero-order valence-corrected chi connectivity index (χ0v) is 20.8. The Bertz CT molecular complexity index is 909. The molecule has 1 atom stereocenters. The largest absolute Gasteiger partial charge is 0.378 e. The second-order valence-electron chi connectivity index (χ2n) is 9.13. The van der Waals surface area contributed by atoms with Crippen LogP contribution in [0.2, 0.25) is 0 Å². The maximum Gasteiger partial charge on any atom is 0.309 e. The SMILES string of the molecule is CN(C)CCNC(=O)C(=O)NCC(c1ccc(N(C)C)cc1)N1CCN(c2ccccc2)CC1. The van der Waals surface area contributed by atoms with Gasteiger partial charge in [-0.05, 0) is 43.9 Å². The Hall–Kier alpha value is -3.10. The van der Waals surface area contributed by atoms with E-state index in [0.717, 1.165) is 37.4 Å². The summed E-state index contributed by atoms with van der Waals surface area (Å²) in [7, 11) is 7.89. The van der Waals surface area contributed by atoms with E-state index in [1.807, 2.05) is 39.2 Å². The summed E-state index contributed by atoms with van der Waals surface area (Å²) < 4.78 is 0. The monoisotopic (exact) mass is 466 g/mol. The van der Waals surface area contributed by atoms with Crippen LogP contribution in [0.25, 0.3) is 0 Å². The molecule has 2 N–H and O–H groups in total. The summed E-state index contributed by atoms with van der Waals surface area (Å²) in [6.07, 6.45) is 0. The molecule has 1 fully saturated rings. The average Bonchev–Trinajstić information content (AvgIpc) is 2.85. The maximum absolute atomic E-state index is 12.4. The van der Waals surface area contributed by atoms with Crippen molar-refractivity contribution in [3.63, 3.8) is 0 Å². The number of hydrogen-bond acceptors (Lipinski definition) is 6. The minimum absolute atomic E-state index is 0.00680. The number of rotatable bonds is 9. The average molecular weight is 467 g/mol. The number of anilines is 2. The van der Waals surface area contributed by atoms with Crippen molar-refractivity contribution in [1.29, 1.82) is 0 Å². The lowest BCUT2D eigenvalue weighted by Gasteiger charge is -2.40. The van der Waals surface area contributed by atoms with Gasteiger partial charge in [-0.25, -0.2) is 0 Å². The second-order valence-corrected chi connectivity index (χ2v) is 9.13. The first-order chi connectivity index (χ1) is 16.3. The summed E-state index contributed by atoms with van der Waals surface area (Å²) in [5, 5.41) is 5.55. The molecule has 1 aliphatic heterocycles. The number of para-hydroxylation sites is 1. The number of hydrogen-bond donors (Lipinski definition) is 2. The van der Waals surface area contributed by atoms with Gasteiger partial charge in [0.15, 0.2) is 0 Å². The van der Waals surface area contributed by atoms with Gasteiger partial charge in [-0.1, -0.05) is 30.3 Å². The number of piperazine rings is 1. The van der Waals surface area contributed by atoms with Crippen LogP contribution in [0.5, 0.6) is 0 Å². The molecule has 3 rings (SSSR count). The van der Waals surface area contributed by atoms with E-state index in [1.54, 1.807) is 0 Å². The Labute approximate surface area is 203 Å². The highest BCUT2D eigenvalue weighted by Crippen LogP contribution is 2.25. The molecule has 8 heteroatoms. The van der Waals surface area contributed by atoms with Gasteiger partial charge < -0.3 is 25.3 Å². The molecule has 2 aromatic carbocycles. The molecule has 1 saturated heterocycles. The van der Waals surface area contributed by atoms with E-state index in [2.05, 4.69) is 73.9 Å². The van der Waals surface area contributed by atoms with Crippen LogP contribution in [0, 0.1) is 0 Å². The first-order valence-corrected chi connectivity index (χ1v) is 11.9. The minimum atomic E-state index is -0.586. The number of nitrogens with zero attached hydrogens (tertiary/aromatic N) is 4. The van der Waals surface area contributed by atoms with Crippen molar-refractivity contribution in [3.8, 4) is 0 Å². The Morgan fingerprint density at radius 1 is 0.853 bits per heavy atom. The lowest BCUT2D eigenvalue weighted by Crippen LogP contribution is -2.51. The predicted octanol–water partition coefficient (Wildman–Crippen LogP) is 1.41. The molecule has 0 spiro atoms. The van der Waals surface area contributed by atoms with Crippen LogP contribution in [-0.2, 0) is 9.59 Å². The normalized spacial score (nSPS) is 15.1. The molecule has 1 heterocycles. The fraction of sp³-hybridized carbons (Fsp3) is 0.462. The lowest BCUT2D eigenvalue weighted by atomic mass is 10.0. The molecule has 0 bridgehead atoms. The van der Waals surface area contributed by atoms with Crippen molar-refractivity contribution < 1.29 is 9.59 Å². The van der Waals surface area contributed by atoms with E-state index < -0.39 is 11.8 Å². The molecule has 1 aliphatic rings. The third kappa shape index (κ3) is 7.20. The number of nitrogens with one attached hydrogen (secondary N) is 2. The van der Waals surface area contributed by atoms with Gasteiger partial charge in [-0.15, -0.1) is 0 Å². The molecule has 1 unspecified atom stereocenters. The number of carbonyl (C=O) groups excluding carboxylic acids is 2. The van der Waals surface area contributed by atoms with Crippen LogP contribution in [-0.4, -0.2) is 95.6 Å². The lowest BCUT2D eigenvalue weighted by molar-refractivity contribution is -0.139. The first-order valence-electron chi connectivity index (χ1n) is 11.9. The van der Waals surface area contributed by atoms with Crippen LogP contribution in [0.4, 0.5) is 11.4 Å². The second kappa shape index (κ2) is 12.4. The molecule has 2 amide bonds. The summed E-state index contributed by atoms with van der Waals surface area (Å²) in [5.41, 5.74) is 3.49. The van der Waals surface area contributed by atoms with E-state index in [1.165, 1.54) is 5.69 Å². The number of benzene rings is 2. The molecule has 34 heavy (non-hydrogen) atoms. The van der Waals surface area contributed by atoms with Crippen LogP contribution >= 0.6 is 0 Å². The predicted molar refractivity (Wildman–Crippen MR) is 138 cm³/mol. The Morgan fingerprint density at radius 2 is 1.47 bits per heavy atom. The Kier molecular flexibility index (Phi) is 9.30. The maximum atomic E-state index is 12.4. The highest BCUT2D eigenvalue weighted by molar-refractivity contribution is 6.35. The highest BCUT2D eigenvalue weighted by atomic mass is 16.2. The number of amides is 2. The highest BCUT2D eigenvalue weighted by Gasteiger charge is 2.26. The van der Waals surface area contributed by atoms with Gasteiger partial charge in [0, 0.05) is 71.3 Å². The summed E-state index contributed by atoms with van der Waals surface area (Å²) in [5.74, 6) is -1.17. The molecule has 184 valence electrons. The van der Waals surface area contributed by atoms with Gasteiger partial charge in [0.25, 0.3) is 0 Å². The van der Waals surface area contributed by atoms with Crippen LogP contribution in [0.3, 0.4) is 0 Å². The van der Waals surface area contributed by atoms with Crippen molar-refractivity contribution >= 4 is 23.2 Å². The van der Waals surface area contributed by atoms with Gasteiger partial charge >= 0.3 is 11.8 Å². The van der Waals surface area contributed by atoms with Gasteiger partial charge in [0.05, 0.1) is 6.04 Å². The van der Waals surface area contributed by atoms with Gasteiger partial charge in [-0.2, -0.15) is 0 Å². The van der Waals surface area contributed by atoms with E-state index >= 15 is 0 Å². The van der Waals surface area contributed by atoms with E-state index in [4.69, 9.17) is 0 Å². The van der Waals surface area contributed by atoms with Crippen LogP contribution in [0.1, 0.15) is 11.6 Å². The fourth-order valence-electron chi connectivity index (χ4n) is 4.13. The van der Waals surface area contributed by atoms with Crippen molar-refractivity contribution in [2.24, 2.45) is 0 Å². The molecule has 0 saturated carbocycles. The molecule has 8 nitrogen and oxygen atoms in total. The summed E-state index contributed by atoms with van der Waals surface area (Å²) >= 11 is 0. The first kappa shape index (κ1) is 25.5. The van der Waals surface area contributed by atoms with E-state index in [0.29, 0.717) is 19.6 Å².